The maximum Gasteiger partial charge on any atom is 0.178 e. The normalized spacial score (nSPS) is 14.6. The highest BCUT2D eigenvalue weighted by Crippen LogP contribution is 2.17. The molecule has 0 fully saturated rings. The van der Waals surface area contributed by atoms with Gasteiger partial charge < -0.3 is 20.8 Å². The Morgan fingerprint density at radius 3 is 1.52 bits per heavy atom. The molecule has 0 aliphatic heterocycles. The van der Waals surface area contributed by atoms with E-state index < -0.39 is 0 Å². The fourth-order valence-electron chi connectivity index (χ4n) is 2.94. The minimum absolute atomic E-state index is 0.120. The van der Waals surface area contributed by atoms with E-state index in [0.29, 0.717) is 18.8 Å². The van der Waals surface area contributed by atoms with Crippen LogP contribution in [0.5, 0.6) is 0 Å². The van der Waals surface area contributed by atoms with Gasteiger partial charge in [0.2, 0.25) is 0 Å². The summed E-state index contributed by atoms with van der Waals surface area (Å²) in [6.07, 6.45) is 10.5. The van der Waals surface area contributed by atoms with Crippen molar-refractivity contribution in [1.29, 1.82) is 10.5 Å². The zero-order valence-corrected chi connectivity index (χ0v) is 16.0. The second kappa shape index (κ2) is 14.8. The van der Waals surface area contributed by atoms with Gasteiger partial charge in [-0.2, -0.15) is 10.5 Å². The average molecular weight is 353 g/mol. The van der Waals surface area contributed by atoms with Crippen LogP contribution >= 0.6 is 0 Å². The molecule has 0 aliphatic carbocycles. The van der Waals surface area contributed by atoms with Crippen molar-refractivity contribution in [2.45, 2.75) is 96.9 Å². The van der Waals surface area contributed by atoms with Crippen molar-refractivity contribution in [3.63, 3.8) is 0 Å². The third-order valence-electron chi connectivity index (χ3n) is 4.60. The fourth-order valence-corrected chi connectivity index (χ4v) is 2.94. The molecular weight excluding hydrogens is 316 g/mol. The van der Waals surface area contributed by atoms with Crippen LogP contribution in [-0.2, 0) is 0 Å². The second-order valence-corrected chi connectivity index (χ2v) is 7.46. The molecule has 0 saturated carbocycles. The van der Waals surface area contributed by atoms with E-state index in [0.717, 1.165) is 44.9 Å². The zero-order chi connectivity index (χ0) is 19.1. The van der Waals surface area contributed by atoms with E-state index in [1.54, 1.807) is 0 Å². The van der Waals surface area contributed by atoms with E-state index in [1.807, 2.05) is 19.3 Å². The van der Waals surface area contributed by atoms with Crippen LogP contribution in [0.1, 0.15) is 78.6 Å². The van der Waals surface area contributed by atoms with Crippen molar-refractivity contribution >= 4 is 0 Å². The summed E-state index contributed by atoms with van der Waals surface area (Å²) in [4.78, 5) is 0. The van der Waals surface area contributed by atoms with Crippen molar-refractivity contribution in [2.24, 2.45) is 11.8 Å². The number of nitriles is 2. The number of aliphatic hydroxyl groups excluding tert-OH is 2. The highest BCUT2D eigenvalue weighted by molar-refractivity contribution is 4.84. The van der Waals surface area contributed by atoms with E-state index in [1.165, 1.54) is 0 Å². The van der Waals surface area contributed by atoms with Crippen LogP contribution in [0.25, 0.3) is 0 Å². The molecule has 4 N–H and O–H groups in total. The molecule has 0 aliphatic rings. The Morgan fingerprint density at radius 1 is 0.720 bits per heavy atom. The zero-order valence-electron chi connectivity index (χ0n) is 16.0. The van der Waals surface area contributed by atoms with E-state index in [-0.39, 0.29) is 24.3 Å². The molecule has 0 bridgehead atoms. The van der Waals surface area contributed by atoms with Crippen LogP contribution in [0.15, 0.2) is 0 Å². The molecule has 144 valence electrons. The average Bonchev–Trinajstić information content (AvgIpc) is 2.54. The molecule has 25 heavy (non-hydrogen) atoms. The number of hydrogen-bond donors (Lipinski definition) is 4. The van der Waals surface area contributed by atoms with Gasteiger partial charge in [0.1, 0.15) is 6.17 Å². The number of nitrogens with one attached hydrogen (secondary N) is 2. The topological polar surface area (TPSA) is 112 Å². The van der Waals surface area contributed by atoms with E-state index >= 15 is 0 Å². The largest absolute Gasteiger partial charge is 0.393 e. The summed E-state index contributed by atoms with van der Waals surface area (Å²) in [5, 5.41) is 42.5. The summed E-state index contributed by atoms with van der Waals surface area (Å²) < 4.78 is 0. The summed E-state index contributed by atoms with van der Waals surface area (Å²) in [5.74, 6) is 0.803. The summed E-state index contributed by atoms with van der Waals surface area (Å²) in [6.45, 7) is 6.36. The monoisotopic (exact) mass is 352 g/mol. The Labute approximate surface area is 153 Å². The Hall–Kier alpha value is -1.50. The predicted octanol–water partition coefficient (Wildman–Crippen LogP) is 2.98. The molecule has 0 aromatic carbocycles. The predicted molar refractivity (Wildman–Crippen MR) is 98.9 cm³/mol. The third-order valence-corrected chi connectivity index (χ3v) is 4.60. The molecule has 0 spiro atoms. The van der Waals surface area contributed by atoms with Gasteiger partial charge in [-0.05, 0) is 50.4 Å². The molecule has 0 rings (SSSR count). The fraction of sp³-hybridized carbons (Fsp3) is 0.895. The maximum atomic E-state index is 10.1. The first kappa shape index (κ1) is 23.5. The second-order valence-electron chi connectivity index (χ2n) is 7.46. The highest BCUT2D eigenvalue weighted by atomic mass is 16.3. The van der Waals surface area contributed by atoms with Crippen LogP contribution < -0.4 is 10.6 Å². The minimum Gasteiger partial charge on any atom is -0.393 e. The number of hydrogen-bond acceptors (Lipinski definition) is 6. The first-order valence-electron chi connectivity index (χ1n) is 9.56. The summed E-state index contributed by atoms with van der Waals surface area (Å²) in [7, 11) is 0. The standard InChI is InChI=1S/C19H36N4O2/c1-15(2)7-4-9-17(24)11-6-12-18(25)10-5-8-16(3)19(22-13-20)23-14-21/h15-19,22-25H,4-12H2,1-3H3. The summed E-state index contributed by atoms with van der Waals surface area (Å²) >= 11 is 0. The van der Waals surface area contributed by atoms with E-state index in [9.17, 15) is 10.2 Å². The smallest absolute Gasteiger partial charge is 0.178 e. The molecule has 6 heteroatoms. The van der Waals surface area contributed by atoms with Crippen LogP contribution in [0.3, 0.4) is 0 Å². The Balaban J connectivity index is 3.77. The third kappa shape index (κ3) is 13.5. The molecule has 0 aromatic heterocycles. The quantitative estimate of drug-likeness (QED) is 0.205. The van der Waals surface area contributed by atoms with Gasteiger partial charge in [0, 0.05) is 0 Å². The van der Waals surface area contributed by atoms with E-state index in [2.05, 4.69) is 24.5 Å². The lowest BCUT2D eigenvalue weighted by Gasteiger charge is -2.21. The molecule has 6 nitrogen and oxygen atoms in total. The van der Waals surface area contributed by atoms with Gasteiger partial charge in [0.15, 0.2) is 12.4 Å². The first-order valence-corrected chi connectivity index (χ1v) is 9.56. The lowest BCUT2D eigenvalue weighted by Crippen LogP contribution is -2.42. The van der Waals surface area contributed by atoms with E-state index in [4.69, 9.17) is 10.5 Å². The molecule has 0 heterocycles. The summed E-state index contributed by atoms with van der Waals surface area (Å²) in [6, 6.07) is 0. The van der Waals surface area contributed by atoms with Gasteiger partial charge >= 0.3 is 0 Å². The van der Waals surface area contributed by atoms with Gasteiger partial charge in [-0.1, -0.05) is 40.0 Å². The molecule has 3 atom stereocenters. The van der Waals surface area contributed by atoms with Crippen LogP contribution in [-0.4, -0.2) is 28.6 Å². The van der Waals surface area contributed by atoms with Crippen LogP contribution in [0.2, 0.25) is 0 Å². The number of rotatable bonds is 15. The van der Waals surface area contributed by atoms with Gasteiger partial charge in [-0.3, -0.25) is 0 Å². The Morgan fingerprint density at radius 2 is 1.12 bits per heavy atom. The lowest BCUT2D eigenvalue weighted by atomic mass is 9.97. The Kier molecular flexibility index (Phi) is 13.9. The molecule has 3 unspecified atom stereocenters. The minimum atomic E-state index is -0.354. The lowest BCUT2D eigenvalue weighted by molar-refractivity contribution is 0.119. The van der Waals surface area contributed by atoms with Gasteiger partial charge in [-0.15, -0.1) is 0 Å². The molecular formula is C19H36N4O2. The van der Waals surface area contributed by atoms with Crippen molar-refractivity contribution in [1.82, 2.24) is 10.6 Å². The van der Waals surface area contributed by atoms with Crippen molar-refractivity contribution in [3.05, 3.63) is 0 Å². The maximum absolute atomic E-state index is 10.1. The highest BCUT2D eigenvalue weighted by Gasteiger charge is 2.16. The van der Waals surface area contributed by atoms with Crippen molar-refractivity contribution in [3.8, 4) is 12.4 Å². The van der Waals surface area contributed by atoms with Gasteiger partial charge in [0.05, 0.1) is 12.2 Å². The van der Waals surface area contributed by atoms with Crippen LogP contribution in [0, 0.1) is 34.7 Å². The van der Waals surface area contributed by atoms with Gasteiger partial charge in [0.25, 0.3) is 0 Å². The molecule has 0 amide bonds. The van der Waals surface area contributed by atoms with Crippen molar-refractivity contribution < 1.29 is 10.2 Å². The SMILES string of the molecule is CC(C)CCCC(O)CCCC(O)CCCC(C)C(NC#N)NC#N. The van der Waals surface area contributed by atoms with Gasteiger partial charge in [-0.25, -0.2) is 0 Å². The summed E-state index contributed by atoms with van der Waals surface area (Å²) in [5.41, 5.74) is 0. The first-order chi connectivity index (χ1) is 11.9. The molecule has 0 radical (unpaired) electrons. The molecule has 0 saturated heterocycles. The molecule has 0 aromatic rings. The number of nitrogens with zero attached hydrogens (tertiary/aromatic N) is 2. The van der Waals surface area contributed by atoms with Crippen LogP contribution in [0.4, 0.5) is 0 Å². The number of aliphatic hydroxyl groups is 2. The Bertz CT molecular complexity index is 387. The van der Waals surface area contributed by atoms with Crippen molar-refractivity contribution in [2.75, 3.05) is 0 Å².